The molecule has 1 N–H and O–H groups in total. The lowest BCUT2D eigenvalue weighted by molar-refractivity contribution is 0.896. The molecule has 0 radical (unpaired) electrons. The molecule has 8 aromatic carbocycles. The van der Waals surface area contributed by atoms with Crippen LogP contribution in [0.5, 0.6) is 0 Å². The normalized spacial score (nSPS) is 18.3. The first-order valence-corrected chi connectivity index (χ1v) is 26.5. The van der Waals surface area contributed by atoms with Gasteiger partial charge in [0, 0.05) is 97.5 Å². The van der Waals surface area contributed by atoms with E-state index in [1.807, 2.05) is 42.5 Å². The van der Waals surface area contributed by atoms with Gasteiger partial charge in [0.25, 0.3) is 0 Å². The summed E-state index contributed by atoms with van der Waals surface area (Å²) in [4.78, 5) is 4.65. The van der Waals surface area contributed by atoms with Gasteiger partial charge >= 0.3 is 0 Å². The summed E-state index contributed by atoms with van der Waals surface area (Å²) in [5.41, 5.74) is 17.1. The van der Waals surface area contributed by atoms with Crippen LogP contribution >= 0.6 is 0 Å². The molecule has 10 aromatic rings. The van der Waals surface area contributed by atoms with E-state index >= 15 is 0 Å². The Morgan fingerprint density at radius 2 is 1.03 bits per heavy atom. The molecule has 0 saturated heterocycles. The summed E-state index contributed by atoms with van der Waals surface area (Å²) in [5, 5.41) is 7.23. The molecule has 2 saturated carbocycles. The minimum Gasteiger partial charge on any atom is -0.359 e. The lowest BCUT2D eigenvalue weighted by Crippen LogP contribution is -2.14. The molecular formula is C70H59N5. The molecule has 4 atom stereocenters. The van der Waals surface area contributed by atoms with Crippen LogP contribution in [0.4, 0.5) is 28.4 Å². The summed E-state index contributed by atoms with van der Waals surface area (Å²) < 4.78 is 5.00. The highest BCUT2D eigenvalue weighted by atomic mass is 15.1. The van der Waals surface area contributed by atoms with Gasteiger partial charge in [-0.3, -0.25) is 0 Å². The number of fused-ring (bicyclic) bond motifs is 9. The molecule has 5 nitrogen and oxygen atoms in total. The largest absolute Gasteiger partial charge is 0.359 e. The van der Waals surface area contributed by atoms with Crippen molar-refractivity contribution in [2.45, 2.75) is 25.2 Å². The molecule has 75 heavy (non-hydrogen) atoms. The van der Waals surface area contributed by atoms with E-state index in [4.69, 9.17) is 0 Å². The van der Waals surface area contributed by atoms with E-state index in [-0.39, 0.29) is 0 Å². The summed E-state index contributed by atoms with van der Waals surface area (Å²) in [6.07, 6.45) is 26.0. The molecule has 4 unspecified atom stereocenters. The van der Waals surface area contributed by atoms with Crippen molar-refractivity contribution >= 4 is 67.2 Å². The van der Waals surface area contributed by atoms with Gasteiger partial charge in [0.1, 0.15) is 0 Å². The zero-order valence-corrected chi connectivity index (χ0v) is 42.2. The third-order valence-corrected chi connectivity index (χ3v) is 15.4. The summed E-state index contributed by atoms with van der Waals surface area (Å²) in [7, 11) is 2.17. The number of aromatic nitrogens is 2. The standard InChI is InChI=1S/C51H40N4.C13H13N.C6H6/c1-52(36-15-7-2-3-8-16-36)40-24-28-48-46(32-40)47-33-41(53(37-17-9-4-10-18-37)38-19-11-5-12-20-38)25-29-49(47)54(48)42-26-30-50-45(34-42)43-27-23-35-31-44(35)51(43)55(50)39-21-13-6-14-22-39;1-2-6-11(7-3-1)14-13-8-4-5-10-9-12(10)13;1-2-4-6-5-3-1/h2,4-30,32-35,44H,3,31H2,1H3;1-8,10,12,14H,9H2;1-6H. The fraction of sp³-hybridized carbons (Fsp3) is 0.114. The highest BCUT2D eigenvalue weighted by Gasteiger charge is 2.43. The number of allylic oxidation sites excluding steroid dienone is 10. The fourth-order valence-electron chi connectivity index (χ4n) is 11.4. The SMILES string of the molecule is C1=CC2CC2C(Nc2ccccc2)=C1.CN(C1=CC=CCC=C1)c1ccc2c(c1)c1cc(N(c3ccccc3)c3ccccc3)ccc1n2-c1ccc2c(c1)c1c(n2-c2ccccc2)C2CC2C=C1.c1ccccc1. The van der Waals surface area contributed by atoms with Crippen LogP contribution in [0.15, 0.2) is 278 Å². The summed E-state index contributed by atoms with van der Waals surface area (Å²) in [6, 6.07) is 75.7. The van der Waals surface area contributed by atoms with Crippen LogP contribution in [0, 0.1) is 17.8 Å². The number of para-hydroxylation sites is 4. The molecule has 2 fully saturated rings. The maximum Gasteiger partial charge on any atom is 0.0542 e. The predicted molar refractivity (Wildman–Crippen MR) is 317 cm³/mol. The number of anilines is 5. The van der Waals surface area contributed by atoms with Gasteiger partial charge in [-0.05, 0) is 152 Å². The van der Waals surface area contributed by atoms with E-state index in [1.54, 1.807) is 0 Å². The zero-order valence-electron chi connectivity index (χ0n) is 42.2. The molecule has 5 heteroatoms. The van der Waals surface area contributed by atoms with Crippen molar-refractivity contribution in [1.82, 2.24) is 9.13 Å². The average Bonchev–Trinajstić information content (AvgIpc) is 4.45. The summed E-state index contributed by atoms with van der Waals surface area (Å²) in [5.74, 6) is 2.82. The zero-order chi connectivity index (χ0) is 50.1. The quantitative estimate of drug-likeness (QED) is 0.156. The Balaban J connectivity index is 0.000000224. The second kappa shape index (κ2) is 20.1. The molecule has 5 aliphatic carbocycles. The highest BCUT2D eigenvalue weighted by Crippen LogP contribution is 2.56. The Morgan fingerprint density at radius 3 is 1.72 bits per heavy atom. The van der Waals surface area contributed by atoms with Crippen molar-refractivity contribution in [2.24, 2.45) is 17.8 Å². The van der Waals surface area contributed by atoms with Gasteiger partial charge in [0.2, 0.25) is 0 Å². The van der Waals surface area contributed by atoms with Gasteiger partial charge < -0.3 is 24.3 Å². The van der Waals surface area contributed by atoms with E-state index in [1.165, 1.54) is 85.3 Å². The van der Waals surface area contributed by atoms with Crippen LogP contribution in [0.1, 0.15) is 36.4 Å². The van der Waals surface area contributed by atoms with Crippen LogP contribution in [-0.4, -0.2) is 16.2 Å². The van der Waals surface area contributed by atoms with Gasteiger partial charge in [-0.2, -0.15) is 0 Å². The molecule has 2 aromatic heterocycles. The summed E-state index contributed by atoms with van der Waals surface area (Å²) >= 11 is 0. The third-order valence-electron chi connectivity index (χ3n) is 15.4. The molecule has 0 bridgehead atoms. The number of nitrogens with zero attached hydrogens (tertiary/aromatic N) is 4. The van der Waals surface area contributed by atoms with Crippen molar-refractivity contribution in [3.8, 4) is 11.4 Å². The monoisotopic (exact) mass is 969 g/mol. The van der Waals surface area contributed by atoms with Gasteiger partial charge in [-0.25, -0.2) is 0 Å². The van der Waals surface area contributed by atoms with E-state index in [9.17, 15) is 0 Å². The van der Waals surface area contributed by atoms with Gasteiger partial charge in [-0.15, -0.1) is 0 Å². The smallest absolute Gasteiger partial charge is 0.0542 e. The van der Waals surface area contributed by atoms with Crippen molar-refractivity contribution in [3.63, 3.8) is 0 Å². The lowest BCUT2D eigenvalue weighted by Gasteiger charge is -2.25. The van der Waals surface area contributed by atoms with E-state index in [0.29, 0.717) is 11.8 Å². The predicted octanol–water partition coefficient (Wildman–Crippen LogP) is 18.0. The number of rotatable bonds is 9. The molecule has 2 heterocycles. The van der Waals surface area contributed by atoms with Crippen LogP contribution in [0.25, 0.3) is 50.2 Å². The summed E-state index contributed by atoms with van der Waals surface area (Å²) in [6.45, 7) is 0. The molecule has 5 aliphatic rings. The minimum atomic E-state index is 0.587. The van der Waals surface area contributed by atoms with Crippen molar-refractivity contribution in [1.29, 1.82) is 0 Å². The highest BCUT2D eigenvalue weighted by molar-refractivity contribution is 6.12. The number of hydrogen-bond donors (Lipinski definition) is 1. The van der Waals surface area contributed by atoms with Crippen LogP contribution < -0.4 is 15.1 Å². The van der Waals surface area contributed by atoms with Crippen molar-refractivity contribution in [2.75, 3.05) is 22.2 Å². The van der Waals surface area contributed by atoms with Crippen LogP contribution in [-0.2, 0) is 0 Å². The van der Waals surface area contributed by atoms with Gasteiger partial charge in [0.15, 0.2) is 0 Å². The van der Waals surface area contributed by atoms with E-state index in [0.717, 1.165) is 41.0 Å². The Hall–Kier alpha value is -9.06. The van der Waals surface area contributed by atoms with Gasteiger partial charge in [-0.1, -0.05) is 152 Å². The van der Waals surface area contributed by atoms with E-state index < -0.39 is 0 Å². The Labute approximate surface area is 440 Å². The number of nitrogens with one attached hydrogen (secondary N) is 1. The average molecular weight is 970 g/mol. The fourth-order valence-corrected chi connectivity index (χ4v) is 11.4. The first kappa shape index (κ1) is 45.8. The van der Waals surface area contributed by atoms with Gasteiger partial charge in [0.05, 0.1) is 16.6 Å². The second-order valence-electron chi connectivity index (χ2n) is 20.2. The molecular weight excluding hydrogens is 911 g/mol. The maximum atomic E-state index is 3.48. The Morgan fingerprint density at radius 1 is 0.453 bits per heavy atom. The molecule has 364 valence electrons. The maximum absolute atomic E-state index is 3.48. The lowest BCUT2D eigenvalue weighted by atomic mass is 10.0. The van der Waals surface area contributed by atoms with Crippen molar-refractivity contribution < 1.29 is 0 Å². The molecule has 0 amide bonds. The molecule has 15 rings (SSSR count). The van der Waals surface area contributed by atoms with Crippen molar-refractivity contribution in [3.05, 3.63) is 290 Å². The van der Waals surface area contributed by atoms with Crippen LogP contribution in [0.2, 0.25) is 0 Å². The number of likely N-dealkylation sites (N-methyl/N-ethyl adjacent to an activating group) is 1. The first-order chi connectivity index (χ1) is 37.1. The third kappa shape index (κ3) is 9.12. The number of benzene rings is 8. The Kier molecular flexibility index (Phi) is 12.3. The first-order valence-electron chi connectivity index (χ1n) is 26.5. The second-order valence-corrected chi connectivity index (χ2v) is 20.2. The minimum absolute atomic E-state index is 0.587. The number of hydrogen-bond acceptors (Lipinski definition) is 3. The molecule has 0 spiro atoms. The van der Waals surface area contributed by atoms with E-state index in [2.05, 4.69) is 262 Å². The Bertz CT molecular complexity index is 3790. The molecule has 0 aliphatic heterocycles. The topological polar surface area (TPSA) is 28.4 Å². The van der Waals surface area contributed by atoms with Crippen LogP contribution in [0.3, 0.4) is 0 Å².